The molecule has 2 rings (SSSR count). The number of nitrogens with zero attached hydrogens (tertiary/aromatic N) is 3. The van der Waals surface area contributed by atoms with Gasteiger partial charge in [-0.3, -0.25) is 9.48 Å². The number of hydrogen-bond acceptors (Lipinski definition) is 4. The van der Waals surface area contributed by atoms with Crippen molar-refractivity contribution < 1.29 is 4.79 Å². The maximum Gasteiger partial charge on any atom is 0.242 e. The summed E-state index contributed by atoms with van der Waals surface area (Å²) in [5, 5.41) is 7.86. The van der Waals surface area contributed by atoms with Gasteiger partial charge in [-0.2, -0.15) is 5.10 Å². The number of pyridine rings is 1. The van der Waals surface area contributed by atoms with Crippen molar-refractivity contribution in [1.82, 2.24) is 14.8 Å². The van der Waals surface area contributed by atoms with Crippen molar-refractivity contribution in [3.05, 3.63) is 18.0 Å². The first-order chi connectivity index (χ1) is 9.02. The van der Waals surface area contributed by atoms with Crippen molar-refractivity contribution in [2.45, 2.75) is 19.4 Å². The monoisotopic (exact) mass is 257 g/mol. The minimum atomic E-state index is -0.712. The van der Waals surface area contributed by atoms with Gasteiger partial charge in [0.15, 0.2) is 5.65 Å². The van der Waals surface area contributed by atoms with Gasteiger partial charge in [-0.25, -0.2) is 4.98 Å². The molecule has 1 amide bonds. The molecule has 1 unspecified atom stereocenters. The topological polar surface area (TPSA) is 85.8 Å². The molecule has 0 aliphatic rings. The van der Waals surface area contributed by atoms with Gasteiger partial charge in [0.2, 0.25) is 5.91 Å². The van der Waals surface area contributed by atoms with E-state index in [2.05, 4.69) is 21.3 Å². The number of hydrogen-bond donors (Lipinski definition) is 2. The highest BCUT2D eigenvalue weighted by atomic mass is 16.2. The average Bonchev–Trinajstić information content (AvgIpc) is 2.65. The van der Waals surface area contributed by atoms with Gasteiger partial charge in [-0.1, -0.05) is 0 Å². The van der Waals surface area contributed by atoms with Crippen LogP contribution in [0.1, 0.15) is 12.1 Å². The van der Waals surface area contributed by atoms with Crippen molar-refractivity contribution in [2.75, 3.05) is 5.32 Å². The fourth-order valence-corrected chi connectivity index (χ4v) is 1.83. The summed E-state index contributed by atoms with van der Waals surface area (Å²) in [5.74, 6) is 2.04. The second kappa shape index (κ2) is 5.08. The van der Waals surface area contributed by atoms with Gasteiger partial charge in [0, 0.05) is 18.9 Å². The highest BCUT2D eigenvalue weighted by molar-refractivity contribution is 5.96. The predicted molar refractivity (Wildman–Crippen MR) is 73.3 cm³/mol. The number of aryl methyl sites for hydroxylation is 2. The molecule has 0 aliphatic carbocycles. The number of carbonyl (C=O) groups excluding carboxylic acids is 1. The van der Waals surface area contributed by atoms with Gasteiger partial charge in [0.05, 0.1) is 23.6 Å². The quantitative estimate of drug-likeness (QED) is 0.787. The highest BCUT2D eigenvalue weighted by Gasteiger charge is 2.13. The smallest absolute Gasteiger partial charge is 0.242 e. The standard InChI is InChI=1S/C13H15N5O/c1-4-5-11(14)13(19)16-9-6-10-8(2)17-18(3)12(10)15-7-9/h1,6-7,11H,5,14H2,2-3H3,(H,16,19). The molecule has 2 aromatic rings. The molecule has 19 heavy (non-hydrogen) atoms. The summed E-state index contributed by atoms with van der Waals surface area (Å²) >= 11 is 0. The summed E-state index contributed by atoms with van der Waals surface area (Å²) in [4.78, 5) is 16.0. The van der Waals surface area contributed by atoms with Crippen LogP contribution in [0.4, 0.5) is 5.69 Å². The Hall–Kier alpha value is -2.39. The largest absolute Gasteiger partial charge is 0.323 e. The molecule has 0 bridgehead atoms. The molecule has 0 aliphatic heterocycles. The van der Waals surface area contributed by atoms with Gasteiger partial charge >= 0.3 is 0 Å². The number of nitrogens with one attached hydrogen (secondary N) is 1. The van der Waals surface area contributed by atoms with E-state index in [1.807, 2.05) is 20.0 Å². The third-order valence-electron chi connectivity index (χ3n) is 2.81. The molecule has 0 spiro atoms. The lowest BCUT2D eigenvalue weighted by atomic mass is 10.2. The SMILES string of the molecule is C#CCC(N)C(=O)Nc1cnc2c(c1)c(C)nn2C. The van der Waals surface area contributed by atoms with Crippen molar-refractivity contribution in [1.29, 1.82) is 0 Å². The second-order valence-corrected chi connectivity index (χ2v) is 4.31. The fraction of sp³-hybridized carbons (Fsp3) is 0.308. The number of terminal acetylenes is 1. The maximum absolute atomic E-state index is 11.7. The summed E-state index contributed by atoms with van der Waals surface area (Å²) in [7, 11) is 1.82. The number of nitrogens with two attached hydrogens (primary N) is 1. The molecule has 6 heteroatoms. The molecule has 3 N–H and O–H groups in total. The first-order valence-corrected chi connectivity index (χ1v) is 5.82. The van der Waals surface area contributed by atoms with Gasteiger partial charge in [0.25, 0.3) is 0 Å². The number of aromatic nitrogens is 3. The van der Waals surface area contributed by atoms with Crippen molar-refractivity contribution >= 4 is 22.6 Å². The Kier molecular flexibility index (Phi) is 3.49. The van der Waals surface area contributed by atoms with E-state index in [1.54, 1.807) is 10.9 Å². The molecule has 0 saturated heterocycles. The fourth-order valence-electron chi connectivity index (χ4n) is 1.83. The molecule has 6 nitrogen and oxygen atoms in total. The molecule has 98 valence electrons. The molecule has 2 heterocycles. The lowest BCUT2D eigenvalue weighted by molar-refractivity contribution is -0.117. The van der Waals surface area contributed by atoms with Crippen LogP contribution < -0.4 is 11.1 Å². The third-order valence-corrected chi connectivity index (χ3v) is 2.81. The van der Waals surface area contributed by atoms with E-state index < -0.39 is 6.04 Å². The number of fused-ring (bicyclic) bond motifs is 1. The zero-order chi connectivity index (χ0) is 14.0. The highest BCUT2D eigenvalue weighted by Crippen LogP contribution is 2.19. The Labute approximate surface area is 111 Å². The van der Waals surface area contributed by atoms with E-state index in [9.17, 15) is 4.79 Å². The average molecular weight is 257 g/mol. The summed E-state index contributed by atoms with van der Waals surface area (Å²) in [6.45, 7) is 1.89. The normalized spacial score (nSPS) is 12.1. The molecule has 0 fully saturated rings. The van der Waals surface area contributed by atoms with Crippen LogP contribution in [0.15, 0.2) is 12.3 Å². The Bertz CT molecular complexity index is 667. The van der Waals surface area contributed by atoms with E-state index in [1.165, 1.54) is 0 Å². The van der Waals surface area contributed by atoms with Crippen LogP contribution in [-0.4, -0.2) is 26.7 Å². The van der Waals surface area contributed by atoms with E-state index in [0.29, 0.717) is 5.69 Å². The summed E-state index contributed by atoms with van der Waals surface area (Å²) in [6.07, 6.45) is 6.90. The Morgan fingerprint density at radius 3 is 3.11 bits per heavy atom. The van der Waals surface area contributed by atoms with E-state index in [-0.39, 0.29) is 12.3 Å². The number of carbonyl (C=O) groups is 1. The first kappa shape index (κ1) is 13.1. The zero-order valence-electron chi connectivity index (χ0n) is 10.8. The van der Waals surface area contributed by atoms with Crippen LogP contribution in [0.25, 0.3) is 11.0 Å². The van der Waals surface area contributed by atoms with Gasteiger partial charge < -0.3 is 11.1 Å². The Morgan fingerprint density at radius 1 is 1.68 bits per heavy atom. The van der Waals surface area contributed by atoms with Crippen molar-refractivity contribution in [2.24, 2.45) is 12.8 Å². The van der Waals surface area contributed by atoms with Crippen molar-refractivity contribution in [3.8, 4) is 12.3 Å². The summed E-state index contributed by atoms with van der Waals surface area (Å²) < 4.78 is 1.69. The van der Waals surface area contributed by atoms with Gasteiger partial charge in [-0.15, -0.1) is 12.3 Å². The summed E-state index contributed by atoms with van der Waals surface area (Å²) in [5.41, 5.74) is 7.84. The molecule has 0 saturated carbocycles. The zero-order valence-corrected chi connectivity index (χ0v) is 10.8. The van der Waals surface area contributed by atoms with Crippen LogP contribution in [-0.2, 0) is 11.8 Å². The van der Waals surface area contributed by atoms with Gasteiger partial charge in [0.1, 0.15) is 0 Å². The van der Waals surface area contributed by atoms with Gasteiger partial charge in [-0.05, 0) is 13.0 Å². The maximum atomic E-state index is 11.7. The van der Waals surface area contributed by atoms with Crippen LogP contribution >= 0.6 is 0 Å². The molecule has 2 aromatic heterocycles. The third kappa shape index (κ3) is 2.56. The minimum Gasteiger partial charge on any atom is -0.323 e. The Morgan fingerprint density at radius 2 is 2.42 bits per heavy atom. The van der Waals surface area contributed by atoms with Crippen LogP contribution in [0.5, 0.6) is 0 Å². The minimum absolute atomic E-state index is 0.202. The molecular formula is C13H15N5O. The molecule has 1 atom stereocenters. The Balaban J connectivity index is 2.25. The number of amides is 1. The predicted octanol–water partition coefficient (Wildman–Crippen LogP) is 0.566. The molecule has 0 radical (unpaired) electrons. The van der Waals surface area contributed by atoms with Crippen LogP contribution in [0.2, 0.25) is 0 Å². The van der Waals surface area contributed by atoms with Crippen LogP contribution in [0.3, 0.4) is 0 Å². The first-order valence-electron chi connectivity index (χ1n) is 5.82. The number of anilines is 1. The van der Waals surface area contributed by atoms with E-state index in [0.717, 1.165) is 16.7 Å². The van der Waals surface area contributed by atoms with Crippen LogP contribution in [0, 0.1) is 19.3 Å². The lowest BCUT2D eigenvalue weighted by Crippen LogP contribution is -2.35. The number of rotatable bonds is 3. The molecular weight excluding hydrogens is 242 g/mol. The lowest BCUT2D eigenvalue weighted by Gasteiger charge is -2.09. The van der Waals surface area contributed by atoms with E-state index in [4.69, 9.17) is 12.2 Å². The van der Waals surface area contributed by atoms with E-state index >= 15 is 0 Å². The summed E-state index contributed by atoms with van der Waals surface area (Å²) in [6, 6.07) is 1.11. The second-order valence-electron chi connectivity index (χ2n) is 4.31. The van der Waals surface area contributed by atoms with Crippen molar-refractivity contribution in [3.63, 3.8) is 0 Å². The molecule has 0 aromatic carbocycles.